The molecular weight excluding hydrogens is 396 g/mol. The molecule has 1 fully saturated rings. The molecule has 1 aliphatic rings. The molecule has 158 valence electrons. The van der Waals surface area contributed by atoms with Crippen molar-refractivity contribution in [2.45, 2.75) is 46.5 Å². The van der Waals surface area contributed by atoms with Gasteiger partial charge in [0.15, 0.2) is 0 Å². The molecule has 0 bridgehead atoms. The van der Waals surface area contributed by atoms with E-state index in [9.17, 15) is 4.79 Å². The predicted molar refractivity (Wildman–Crippen MR) is 119 cm³/mol. The average molecular weight is 425 g/mol. The Morgan fingerprint density at radius 3 is 2.43 bits per heavy atom. The lowest BCUT2D eigenvalue weighted by atomic mass is 10.0. The lowest BCUT2D eigenvalue weighted by Gasteiger charge is -2.26. The van der Waals surface area contributed by atoms with Crippen molar-refractivity contribution in [1.82, 2.24) is 19.7 Å². The third-order valence-corrected chi connectivity index (χ3v) is 6.91. The minimum atomic E-state index is 0.107. The zero-order valence-electron chi connectivity index (χ0n) is 18.1. The maximum absolute atomic E-state index is 13.0. The number of methoxy groups -OCH3 is 1. The van der Waals surface area contributed by atoms with Crippen LogP contribution in [0, 0.1) is 20.8 Å². The second-order valence-electron chi connectivity index (χ2n) is 7.85. The van der Waals surface area contributed by atoms with E-state index in [1.165, 1.54) is 28.9 Å². The van der Waals surface area contributed by atoms with E-state index in [0.717, 1.165) is 65.2 Å². The molecule has 0 unspecified atom stereocenters. The summed E-state index contributed by atoms with van der Waals surface area (Å²) in [7, 11) is 1.67. The van der Waals surface area contributed by atoms with Crippen LogP contribution in [0.5, 0.6) is 5.75 Å². The van der Waals surface area contributed by atoms with Gasteiger partial charge in [-0.15, -0.1) is 0 Å². The highest BCUT2D eigenvalue weighted by molar-refractivity contribution is 7.16. The molecule has 4 rings (SSSR count). The van der Waals surface area contributed by atoms with Crippen molar-refractivity contribution in [3.8, 4) is 10.9 Å². The van der Waals surface area contributed by atoms with Crippen LogP contribution in [-0.4, -0.2) is 45.8 Å². The predicted octanol–water partition coefficient (Wildman–Crippen LogP) is 4.48. The van der Waals surface area contributed by atoms with Crippen LogP contribution in [0.2, 0.25) is 0 Å². The number of likely N-dealkylation sites (tertiary alicyclic amines) is 1. The molecular formula is C23H28N4O2S. The molecule has 0 spiro atoms. The molecule has 3 aromatic rings. The summed E-state index contributed by atoms with van der Waals surface area (Å²) in [5.74, 6) is 0.961. The monoisotopic (exact) mass is 424 g/mol. The molecule has 0 aliphatic carbocycles. The quantitative estimate of drug-likeness (QED) is 0.606. The summed E-state index contributed by atoms with van der Waals surface area (Å²) >= 11 is 1.44. The van der Waals surface area contributed by atoms with Crippen LogP contribution in [0.15, 0.2) is 24.3 Å². The summed E-state index contributed by atoms with van der Waals surface area (Å²) in [4.78, 5) is 20.4. The van der Waals surface area contributed by atoms with Crippen molar-refractivity contribution in [1.29, 1.82) is 0 Å². The number of ether oxygens (including phenoxy) is 1. The second-order valence-corrected chi connectivity index (χ2v) is 8.83. The fraction of sp³-hybridized carbons (Fsp3) is 0.435. The Morgan fingerprint density at radius 2 is 1.77 bits per heavy atom. The first-order valence-corrected chi connectivity index (χ1v) is 11.2. The molecule has 1 aromatic carbocycles. The first-order valence-electron chi connectivity index (χ1n) is 10.4. The van der Waals surface area contributed by atoms with E-state index in [0.29, 0.717) is 0 Å². The number of hydrogen-bond acceptors (Lipinski definition) is 5. The highest BCUT2D eigenvalue weighted by atomic mass is 32.1. The average Bonchev–Trinajstić information content (AvgIpc) is 3.29. The van der Waals surface area contributed by atoms with Crippen LogP contribution in [0.1, 0.15) is 57.1 Å². The standard InChI is InChI=1S/C23H28N4O2S/c1-15-20(14-18-8-10-19(29-4)11-9-18)17(3)27(25-15)23-24-16(2)21(30-23)22(28)26-12-6-5-7-13-26/h8-11H,5-7,12-14H2,1-4H3. The van der Waals surface area contributed by atoms with Crippen molar-refractivity contribution in [2.24, 2.45) is 0 Å². The molecule has 0 radical (unpaired) electrons. The van der Waals surface area contributed by atoms with E-state index in [1.807, 2.05) is 35.6 Å². The zero-order chi connectivity index (χ0) is 21.3. The van der Waals surface area contributed by atoms with Crippen molar-refractivity contribution < 1.29 is 9.53 Å². The smallest absolute Gasteiger partial charge is 0.265 e. The Labute approximate surface area is 181 Å². The van der Waals surface area contributed by atoms with Crippen LogP contribution >= 0.6 is 11.3 Å². The van der Waals surface area contributed by atoms with Crippen LogP contribution in [0.4, 0.5) is 0 Å². The van der Waals surface area contributed by atoms with Gasteiger partial charge in [-0.05, 0) is 57.7 Å². The van der Waals surface area contributed by atoms with E-state index in [2.05, 4.69) is 19.1 Å². The minimum Gasteiger partial charge on any atom is -0.497 e. The molecule has 3 heterocycles. The summed E-state index contributed by atoms with van der Waals surface area (Å²) in [5.41, 5.74) is 5.23. The first kappa shape index (κ1) is 20.6. The Balaban J connectivity index is 1.60. The Bertz CT molecular complexity index is 1050. The van der Waals surface area contributed by atoms with Crippen molar-refractivity contribution in [2.75, 3.05) is 20.2 Å². The largest absolute Gasteiger partial charge is 0.497 e. The van der Waals surface area contributed by atoms with E-state index < -0.39 is 0 Å². The number of carbonyl (C=O) groups excluding carboxylic acids is 1. The zero-order valence-corrected chi connectivity index (χ0v) is 18.9. The Hall–Kier alpha value is -2.67. The number of aryl methyl sites for hydroxylation is 2. The fourth-order valence-corrected chi connectivity index (χ4v) is 5.02. The molecule has 0 atom stereocenters. The fourth-order valence-electron chi connectivity index (χ4n) is 3.98. The van der Waals surface area contributed by atoms with Crippen molar-refractivity contribution in [3.63, 3.8) is 0 Å². The number of nitrogens with zero attached hydrogens (tertiary/aromatic N) is 4. The topological polar surface area (TPSA) is 60.2 Å². The third-order valence-electron chi connectivity index (χ3n) is 5.79. The highest BCUT2D eigenvalue weighted by Gasteiger charge is 2.24. The molecule has 6 nitrogen and oxygen atoms in total. The normalized spacial score (nSPS) is 14.2. The van der Waals surface area contributed by atoms with Gasteiger partial charge in [-0.1, -0.05) is 23.5 Å². The van der Waals surface area contributed by atoms with E-state index in [-0.39, 0.29) is 5.91 Å². The van der Waals surface area contributed by atoms with Gasteiger partial charge in [0.25, 0.3) is 5.91 Å². The summed E-state index contributed by atoms with van der Waals surface area (Å²) in [5, 5.41) is 5.51. The van der Waals surface area contributed by atoms with Gasteiger partial charge in [0.1, 0.15) is 10.6 Å². The lowest BCUT2D eigenvalue weighted by Crippen LogP contribution is -2.35. The molecule has 1 amide bonds. The maximum Gasteiger partial charge on any atom is 0.265 e. The van der Waals surface area contributed by atoms with Gasteiger partial charge in [-0.2, -0.15) is 5.10 Å². The second kappa shape index (κ2) is 8.60. The number of benzene rings is 1. The number of thiazole rings is 1. The molecule has 30 heavy (non-hydrogen) atoms. The Kier molecular flexibility index (Phi) is 5.90. The molecule has 0 saturated carbocycles. The molecule has 1 saturated heterocycles. The van der Waals surface area contributed by atoms with Gasteiger partial charge >= 0.3 is 0 Å². The SMILES string of the molecule is COc1ccc(Cc2c(C)nn(-c3nc(C)c(C(=O)N4CCCCC4)s3)c2C)cc1. The molecule has 0 N–H and O–H groups in total. The molecule has 2 aromatic heterocycles. The number of aromatic nitrogens is 3. The number of piperidine rings is 1. The van der Waals surface area contributed by atoms with Gasteiger partial charge in [-0.3, -0.25) is 4.79 Å². The van der Waals surface area contributed by atoms with Crippen LogP contribution in [0.25, 0.3) is 5.13 Å². The summed E-state index contributed by atoms with van der Waals surface area (Å²) in [6, 6.07) is 8.12. The number of amides is 1. The number of hydrogen-bond donors (Lipinski definition) is 0. The molecule has 1 aliphatic heterocycles. The van der Waals surface area contributed by atoms with Gasteiger partial charge in [0.2, 0.25) is 5.13 Å². The van der Waals surface area contributed by atoms with Gasteiger partial charge < -0.3 is 9.64 Å². The van der Waals surface area contributed by atoms with Gasteiger partial charge in [-0.25, -0.2) is 9.67 Å². The first-order chi connectivity index (χ1) is 14.5. The van der Waals surface area contributed by atoms with E-state index >= 15 is 0 Å². The summed E-state index contributed by atoms with van der Waals surface area (Å²) in [6.45, 7) is 7.71. The van der Waals surface area contributed by atoms with Crippen LogP contribution in [-0.2, 0) is 6.42 Å². The third kappa shape index (κ3) is 3.99. The highest BCUT2D eigenvalue weighted by Crippen LogP contribution is 2.28. The lowest BCUT2D eigenvalue weighted by molar-refractivity contribution is 0.0728. The van der Waals surface area contributed by atoms with E-state index in [4.69, 9.17) is 14.8 Å². The maximum atomic E-state index is 13.0. The van der Waals surface area contributed by atoms with Gasteiger partial charge in [0, 0.05) is 30.8 Å². The van der Waals surface area contributed by atoms with Crippen LogP contribution in [0.3, 0.4) is 0 Å². The van der Waals surface area contributed by atoms with Crippen molar-refractivity contribution >= 4 is 17.2 Å². The summed E-state index contributed by atoms with van der Waals surface area (Å²) in [6.07, 6.45) is 4.18. The van der Waals surface area contributed by atoms with Crippen molar-refractivity contribution in [3.05, 3.63) is 57.4 Å². The molecule has 7 heteroatoms. The van der Waals surface area contributed by atoms with Gasteiger partial charge in [0.05, 0.1) is 18.5 Å². The summed E-state index contributed by atoms with van der Waals surface area (Å²) < 4.78 is 7.14. The number of rotatable bonds is 5. The minimum absolute atomic E-state index is 0.107. The van der Waals surface area contributed by atoms with E-state index in [1.54, 1.807) is 7.11 Å². The Morgan fingerprint density at radius 1 is 1.07 bits per heavy atom. The number of carbonyl (C=O) groups is 1. The van der Waals surface area contributed by atoms with Crippen LogP contribution < -0.4 is 4.74 Å².